The zero-order chi connectivity index (χ0) is 14.2. The van der Waals surface area contributed by atoms with Gasteiger partial charge in [0.05, 0.1) is 5.92 Å². The van der Waals surface area contributed by atoms with Crippen LogP contribution in [0.4, 0.5) is 0 Å². The summed E-state index contributed by atoms with van der Waals surface area (Å²) in [4.78, 5) is 19.0. The van der Waals surface area contributed by atoms with Gasteiger partial charge in [0.25, 0.3) is 0 Å². The summed E-state index contributed by atoms with van der Waals surface area (Å²) in [5.41, 5.74) is 1.70. The highest BCUT2D eigenvalue weighted by molar-refractivity contribution is 5.80. The second kappa shape index (κ2) is 5.17. The lowest BCUT2D eigenvalue weighted by molar-refractivity contribution is -0.130. The summed E-state index contributed by atoms with van der Waals surface area (Å²) in [6, 6.07) is 8.24. The van der Waals surface area contributed by atoms with Crippen LogP contribution in [0.5, 0.6) is 0 Å². The lowest BCUT2D eigenvalue weighted by Gasteiger charge is -2.31. The average molecular weight is 284 g/mol. The molecule has 0 radical (unpaired) electrons. The normalized spacial score (nSPS) is 24.1. The molecule has 4 rings (SSSR count). The SMILES string of the molecule is O=C1CC(c2nc3ccccc3o2)CN1C1CCCCC1. The van der Waals surface area contributed by atoms with E-state index in [-0.39, 0.29) is 11.8 Å². The first kappa shape index (κ1) is 12.9. The molecule has 2 heterocycles. The maximum atomic E-state index is 12.3. The van der Waals surface area contributed by atoms with Crippen LogP contribution in [0.25, 0.3) is 11.1 Å². The van der Waals surface area contributed by atoms with Crippen molar-refractivity contribution in [1.29, 1.82) is 0 Å². The fraction of sp³-hybridized carbons (Fsp3) is 0.529. The number of benzene rings is 1. The summed E-state index contributed by atoms with van der Waals surface area (Å²) in [6.45, 7) is 0.774. The first-order valence-corrected chi connectivity index (χ1v) is 7.96. The number of carbonyl (C=O) groups is 1. The molecule has 2 fully saturated rings. The fourth-order valence-electron chi connectivity index (χ4n) is 3.71. The molecule has 0 N–H and O–H groups in total. The van der Waals surface area contributed by atoms with Crippen molar-refractivity contribution in [2.24, 2.45) is 0 Å². The van der Waals surface area contributed by atoms with Gasteiger partial charge < -0.3 is 9.32 Å². The maximum Gasteiger partial charge on any atom is 0.223 e. The van der Waals surface area contributed by atoms with E-state index in [9.17, 15) is 4.79 Å². The van der Waals surface area contributed by atoms with E-state index in [1.54, 1.807) is 0 Å². The molecular weight excluding hydrogens is 264 g/mol. The van der Waals surface area contributed by atoms with E-state index in [0.717, 1.165) is 36.4 Å². The minimum Gasteiger partial charge on any atom is -0.440 e. The predicted octanol–water partition coefficient (Wildman–Crippen LogP) is 3.48. The number of amides is 1. The summed E-state index contributed by atoms with van der Waals surface area (Å²) < 4.78 is 5.85. The summed E-state index contributed by atoms with van der Waals surface area (Å²) in [7, 11) is 0. The van der Waals surface area contributed by atoms with Crippen LogP contribution in [0, 0.1) is 0 Å². The number of carbonyl (C=O) groups excluding carboxylic acids is 1. The summed E-state index contributed by atoms with van der Waals surface area (Å²) in [5.74, 6) is 1.11. The van der Waals surface area contributed by atoms with Gasteiger partial charge >= 0.3 is 0 Å². The quantitative estimate of drug-likeness (QED) is 0.848. The number of likely N-dealkylation sites (tertiary alicyclic amines) is 1. The predicted molar refractivity (Wildman–Crippen MR) is 80.0 cm³/mol. The van der Waals surface area contributed by atoms with Gasteiger partial charge in [-0.15, -0.1) is 0 Å². The number of rotatable bonds is 2. The monoisotopic (exact) mass is 284 g/mol. The third-order valence-electron chi connectivity index (χ3n) is 4.83. The molecule has 0 spiro atoms. The van der Waals surface area contributed by atoms with Crippen molar-refractivity contribution in [3.8, 4) is 0 Å². The highest BCUT2D eigenvalue weighted by atomic mass is 16.3. The van der Waals surface area contributed by atoms with Crippen LogP contribution in [-0.4, -0.2) is 28.4 Å². The molecule has 21 heavy (non-hydrogen) atoms. The van der Waals surface area contributed by atoms with E-state index in [2.05, 4.69) is 9.88 Å². The van der Waals surface area contributed by atoms with Gasteiger partial charge in [-0.05, 0) is 25.0 Å². The van der Waals surface area contributed by atoms with E-state index in [4.69, 9.17) is 4.42 Å². The van der Waals surface area contributed by atoms with Crippen molar-refractivity contribution in [3.63, 3.8) is 0 Å². The van der Waals surface area contributed by atoms with Gasteiger partial charge in [-0.25, -0.2) is 4.98 Å². The van der Waals surface area contributed by atoms with Gasteiger partial charge in [0.2, 0.25) is 11.8 Å². The number of oxazole rings is 1. The Kier molecular flexibility index (Phi) is 3.17. The molecule has 2 aliphatic rings. The second-order valence-electron chi connectivity index (χ2n) is 6.26. The molecule has 1 saturated carbocycles. The van der Waals surface area contributed by atoms with Crippen LogP contribution < -0.4 is 0 Å². The number of hydrogen-bond donors (Lipinski definition) is 0. The standard InChI is InChI=1S/C17H20N2O2/c20-16-10-12(11-19(16)13-6-2-1-3-7-13)17-18-14-8-4-5-9-15(14)21-17/h4-5,8-9,12-13H,1-3,6-7,10-11H2. The molecule has 1 aliphatic carbocycles. The van der Waals surface area contributed by atoms with E-state index < -0.39 is 0 Å². The highest BCUT2D eigenvalue weighted by Crippen LogP contribution is 2.34. The van der Waals surface area contributed by atoms with E-state index in [1.807, 2.05) is 24.3 Å². The molecule has 110 valence electrons. The molecular formula is C17H20N2O2. The van der Waals surface area contributed by atoms with Gasteiger partial charge in [-0.3, -0.25) is 4.79 Å². The number of aromatic nitrogens is 1. The zero-order valence-corrected chi connectivity index (χ0v) is 12.1. The second-order valence-corrected chi connectivity index (χ2v) is 6.26. The van der Waals surface area contributed by atoms with E-state index >= 15 is 0 Å². The molecule has 1 aromatic carbocycles. The Bertz CT molecular complexity index is 625. The molecule has 1 saturated heterocycles. The third kappa shape index (κ3) is 2.33. The lowest BCUT2D eigenvalue weighted by Crippen LogP contribution is -2.37. The molecule has 2 aromatic rings. The first-order chi connectivity index (χ1) is 10.3. The van der Waals surface area contributed by atoms with E-state index in [1.165, 1.54) is 19.3 Å². The number of nitrogens with zero attached hydrogens (tertiary/aromatic N) is 2. The van der Waals surface area contributed by atoms with Crippen molar-refractivity contribution < 1.29 is 9.21 Å². The van der Waals surface area contributed by atoms with Crippen LogP contribution in [0.15, 0.2) is 28.7 Å². The topological polar surface area (TPSA) is 46.3 Å². The smallest absolute Gasteiger partial charge is 0.223 e. The van der Waals surface area contributed by atoms with Crippen LogP contribution in [0.2, 0.25) is 0 Å². The largest absolute Gasteiger partial charge is 0.440 e. The third-order valence-corrected chi connectivity index (χ3v) is 4.83. The Hall–Kier alpha value is -1.84. The number of fused-ring (bicyclic) bond motifs is 1. The minimum atomic E-state index is 0.117. The van der Waals surface area contributed by atoms with Gasteiger partial charge in [0.15, 0.2) is 5.58 Å². The molecule has 0 bridgehead atoms. The van der Waals surface area contributed by atoms with Crippen molar-refractivity contribution >= 4 is 17.0 Å². The maximum absolute atomic E-state index is 12.3. The Morgan fingerprint density at radius 2 is 1.95 bits per heavy atom. The van der Waals surface area contributed by atoms with Crippen molar-refractivity contribution in [3.05, 3.63) is 30.2 Å². The molecule has 1 unspecified atom stereocenters. The Morgan fingerprint density at radius 3 is 2.76 bits per heavy atom. The lowest BCUT2D eigenvalue weighted by atomic mass is 9.94. The van der Waals surface area contributed by atoms with Crippen LogP contribution >= 0.6 is 0 Å². The molecule has 1 aliphatic heterocycles. The van der Waals surface area contributed by atoms with Gasteiger partial charge in [0.1, 0.15) is 5.52 Å². The van der Waals surface area contributed by atoms with Gasteiger partial charge in [-0.2, -0.15) is 0 Å². The minimum absolute atomic E-state index is 0.117. The fourth-order valence-corrected chi connectivity index (χ4v) is 3.71. The van der Waals surface area contributed by atoms with Gasteiger partial charge in [-0.1, -0.05) is 31.4 Å². The van der Waals surface area contributed by atoms with Crippen LogP contribution in [-0.2, 0) is 4.79 Å². The Morgan fingerprint density at radius 1 is 1.14 bits per heavy atom. The number of para-hydroxylation sites is 2. The summed E-state index contributed by atoms with van der Waals surface area (Å²) >= 11 is 0. The summed E-state index contributed by atoms with van der Waals surface area (Å²) in [6.07, 6.45) is 6.68. The van der Waals surface area contributed by atoms with Gasteiger partial charge in [0, 0.05) is 19.0 Å². The van der Waals surface area contributed by atoms with Crippen molar-refractivity contribution in [1.82, 2.24) is 9.88 Å². The molecule has 1 atom stereocenters. The summed E-state index contributed by atoms with van der Waals surface area (Å²) in [5, 5.41) is 0. The molecule has 4 heteroatoms. The average Bonchev–Trinajstić information content (AvgIpc) is 3.11. The number of hydrogen-bond acceptors (Lipinski definition) is 3. The Labute approximate surface area is 124 Å². The van der Waals surface area contributed by atoms with E-state index in [0.29, 0.717) is 12.5 Å². The van der Waals surface area contributed by atoms with Crippen LogP contribution in [0.1, 0.15) is 50.3 Å². The molecule has 1 aromatic heterocycles. The Balaban J connectivity index is 1.55. The van der Waals surface area contributed by atoms with Crippen LogP contribution in [0.3, 0.4) is 0 Å². The van der Waals surface area contributed by atoms with Crippen molar-refractivity contribution in [2.75, 3.05) is 6.54 Å². The zero-order valence-electron chi connectivity index (χ0n) is 12.1. The first-order valence-electron chi connectivity index (χ1n) is 7.96. The molecule has 1 amide bonds. The van der Waals surface area contributed by atoms with Crippen molar-refractivity contribution in [2.45, 2.75) is 50.5 Å². The molecule has 4 nitrogen and oxygen atoms in total. The highest BCUT2D eigenvalue weighted by Gasteiger charge is 2.37.